The molecule has 0 aliphatic heterocycles. The molecule has 2 aliphatic carbocycles. The third-order valence-electron chi connectivity index (χ3n) is 7.34. The van der Waals surface area contributed by atoms with Gasteiger partial charge in [0.05, 0.1) is 12.7 Å². The first kappa shape index (κ1) is 20.3. The van der Waals surface area contributed by atoms with Crippen molar-refractivity contribution < 1.29 is 18.3 Å². The van der Waals surface area contributed by atoms with E-state index >= 15 is 0 Å². The van der Waals surface area contributed by atoms with Crippen LogP contribution in [0, 0.1) is 29.4 Å². The summed E-state index contributed by atoms with van der Waals surface area (Å²) in [5, 5.41) is 0.781. The maximum absolute atomic E-state index is 14.7. The first-order chi connectivity index (χ1) is 14.0. The van der Waals surface area contributed by atoms with E-state index in [9.17, 15) is 13.6 Å². The number of carbonyl (C=O) groups is 1. The van der Waals surface area contributed by atoms with Gasteiger partial charge in [0, 0.05) is 5.39 Å². The van der Waals surface area contributed by atoms with Crippen LogP contribution < -0.4 is 0 Å². The van der Waals surface area contributed by atoms with E-state index in [1.54, 1.807) is 6.07 Å². The standard InChI is InChI=1S/C25H30F2O2/c1-3-4-15-5-6-17-12-18(8-7-16(17)11-15)19-9-10-20-14-22(25(28)29-2)24(27)23(26)21(20)13-19/h9-10,13-18H,3-8,11-12H2,1-2H3/t15?,16-,17+,18?/m0/s1. The number of fused-ring (bicyclic) bond motifs is 2. The lowest BCUT2D eigenvalue weighted by Gasteiger charge is -2.42. The average molecular weight is 401 g/mol. The highest BCUT2D eigenvalue weighted by Crippen LogP contribution is 2.48. The van der Waals surface area contributed by atoms with E-state index in [1.165, 1.54) is 51.7 Å². The van der Waals surface area contributed by atoms with Gasteiger partial charge < -0.3 is 4.74 Å². The van der Waals surface area contributed by atoms with Gasteiger partial charge in [0.2, 0.25) is 0 Å². The summed E-state index contributed by atoms with van der Waals surface area (Å²) in [5.41, 5.74) is 0.741. The quantitative estimate of drug-likeness (QED) is 0.516. The minimum absolute atomic E-state index is 0.251. The molecule has 4 atom stereocenters. The van der Waals surface area contributed by atoms with Crippen LogP contribution in [0.5, 0.6) is 0 Å². The Morgan fingerprint density at radius 1 is 1.03 bits per heavy atom. The second kappa shape index (κ2) is 8.41. The van der Waals surface area contributed by atoms with Crippen molar-refractivity contribution in [3.63, 3.8) is 0 Å². The maximum Gasteiger partial charge on any atom is 0.340 e. The van der Waals surface area contributed by atoms with Crippen LogP contribution in [0.1, 0.15) is 80.1 Å². The maximum atomic E-state index is 14.7. The largest absolute Gasteiger partial charge is 0.465 e. The molecule has 2 aromatic carbocycles. The molecule has 0 heterocycles. The summed E-state index contributed by atoms with van der Waals surface area (Å²) < 4.78 is 33.7. The lowest BCUT2D eigenvalue weighted by atomic mass is 9.63. The molecule has 0 N–H and O–H groups in total. The molecule has 156 valence electrons. The van der Waals surface area contributed by atoms with Crippen LogP contribution in [-0.4, -0.2) is 13.1 Å². The third kappa shape index (κ3) is 3.91. The van der Waals surface area contributed by atoms with Gasteiger partial charge in [-0.1, -0.05) is 38.3 Å². The summed E-state index contributed by atoms with van der Waals surface area (Å²) in [7, 11) is 1.17. The van der Waals surface area contributed by atoms with Crippen LogP contribution in [0.15, 0.2) is 24.3 Å². The molecular weight excluding hydrogens is 370 g/mol. The highest BCUT2D eigenvalue weighted by Gasteiger charge is 2.35. The predicted octanol–water partition coefficient (Wildman–Crippen LogP) is 7.00. The zero-order valence-electron chi connectivity index (χ0n) is 17.3. The van der Waals surface area contributed by atoms with Crippen molar-refractivity contribution in [1.29, 1.82) is 0 Å². The number of ether oxygens (including phenoxy) is 1. The number of benzene rings is 2. The van der Waals surface area contributed by atoms with Gasteiger partial charge in [0.1, 0.15) is 0 Å². The summed E-state index contributed by atoms with van der Waals surface area (Å²) in [4.78, 5) is 11.7. The van der Waals surface area contributed by atoms with Crippen molar-refractivity contribution in [2.75, 3.05) is 7.11 Å². The van der Waals surface area contributed by atoms with E-state index in [2.05, 4.69) is 11.7 Å². The van der Waals surface area contributed by atoms with Crippen molar-refractivity contribution in [2.24, 2.45) is 17.8 Å². The number of carbonyl (C=O) groups excluding carboxylic acids is 1. The van der Waals surface area contributed by atoms with Gasteiger partial charge in [0.25, 0.3) is 0 Å². The van der Waals surface area contributed by atoms with E-state index in [-0.39, 0.29) is 10.9 Å². The van der Waals surface area contributed by atoms with Crippen LogP contribution in [0.4, 0.5) is 8.78 Å². The van der Waals surface area contributed by atoms with Gasteiger partial charge in [-0.2, -0.15) is 0 Å². The van der Waals surface area contributed by atoms with Gasteiger partial charge in [-0.05, 0) is 78.9 Å². The number of hydrogen-bond donors (Lipinski definition) is 0. The molecule has 4 heteroatoms. The van der Waals surface area contributed by atoms with Gasteiger partial charge in [-0.3, -0.25) is 0 Å². The first-order valence-electron chi connectivity index (χ1n) is 11.0. The summed E-state index contributed by atoms with van der Waals surface area (Å²) in [6.07, 6.45) is 10.2. The number of halogens is 2. The highest BCUT2D eigenvalue weighted by molar-refractivity contribution is 5.96. The van der Waals surface area contributed by atoms with Crippen LogP contribution in [0.25, 0.3) is 10.8 Å². The number of methoxy groups -OCH3 is 1. The molecule has 0 amide bonds. The number of rotatable bonds is 4. The Kier molecular flexibility index (Phi) is 5.89. The van der Waals surface area contributed by atoms with E-state index in [0.29, 0.717) is 11.3 Å². The van der Waals surface area contributed by atoms with E-state index in [0.717, 1.165) is 36.2 Å². The Morgan fingerprint density at radius 2 is 1.79 bits per heavy atom. The number of esters is 1. The summed E-state index contributed by atoms with van der Waals surface area (Å²) >= 11 is 0. The molecule has 2 unspecified atom stereocenters. The fraction of sp³-hybridized carbons (Fsp3) is 0.560. The topological polar surface area (TPSA) is 26.3 Å². The lowest BCUT2D eigenvalue weighted by Crippen LogP contribution is -2.30. The molecule has 0 bridgehead atoms. The van der Waals surface area contributed by atoms with E-state index in [4.69, 9.17) is 0 Å². The molecule has 0 spiro atoms. The minimum atomic E-state index is -1.13. The zero-order valence-corrected chi connectivity index (χ0v) is 17.3. The third-order valence-corrected chi connectivity index (χ3v) is 7.34. The van der Waals surface area contributed by atoms with Crippen LogP contribution in [0.2, 0.25) is 0 Å². The van der Waals surface area contributed by atoms with E-state index in [1.807, 2.05) is 12.1 Å². The Bertz CT molecular complexity index is 907. The first-order valence-corrected chi connectivity index (χ1v) is 11.0. The van der Waals surface area contributed by atoms with Crippen molar-refractivity contribution in [3.8, 4) is 0 Å². The summed E-state index contributed by atoms with van der Waals surface area (Å²) in [6.45, 7) is 2.28. The predicted molar refractivity (Wildman–Crippen MR) is 111 cm³/mol. The molecule has 2 saturated carbocycles. The van der Waals surface area contributed by atoms with Crippen molar-refractivity contribution in [1.82, 2.24) is 0 Å². The smallest absolute Gasteiger partial charge is 0.340 e. The van der Waals surface area contributed by atoms with Gasteiger partial charge in [-0.25, -0.2) is 13.6 Å². The lowest BCUT2D eigenvalue weighted by molar-refractivity contribution is 0.0594. The van der Waals surface area contributed by atoms with Crippen molar-refractivity contribution in [3.05, 3.63) is 47.0 Å². The molecular formula is C25H30F2O2. The second-order valence-corrected chi connectivity index (χ2v) is 9.02. The van der Waals surface area contributed by atoms with Gasteiger partial charge in [-0.15, -0.1) is 0 Å². The Labute approximate surface area is 171 Å². The molecule has 0 aromatic heterocycles. The zero-order chi connectivity index (χ0) is 20.5. The van der Waals surface area contributed by atoms with Crippen LogP contribution in [0.3, 0.4) is 0 Å². The van der Waals surface area contributed by atoms with Crippen LogP contribution >= 0.6 is 0 Å². The van der Waals surface area contributed by atoms with Crippen LogP contribution in [-0.2, 0) is 4.74 Å². The molecule has 2 nitrogen and oxygen atoms in total. The number of hydrogen-bond acceptors (Lipinski definition) is 2. The monoisotopic (exact) mass is 400 g/mol. The normalized spacial score (nSPS) is 26.9. The minimum Gasteiger partial charge on any atom is -0.465 e. The Morgan fingerprint density at radius 3 is 2.55 bits per heavy atom. The van der Waals surface area contributed by atoms with E-state index < -0.39 is 17.6 Å². The Balaban J connectivity index is 1.56. The summed E-state index contributed by atoms with van der Waals surface area (Å²) in [6, 6.07) is 7.01. The average Bonchev–Trinajstić information content (AvgIpc) is 2.75. The molecule has 2 aromatic rings. The highest BCUT2D eigenvalue weighted by atomic mass is 19.2. The fourth-order valence-electron chi connectivity index (χ4n) is 5.82. The second-order valence-electron chi connectivity index (χ2n) is 9.02. The molecule has 2 aliphatic rings. The van der Waals surface area contributed by atoms with Gasteiger partial charge in [0.15, 0.2) is 11.6 Å². The molecule has 29 heavy (non-hydrogen) atoms. The summed E-state index contributed by atoms with van der Waals surface area (Å²) in [5.74, 6) is -0.0253. The molecule has 4 rings (SSSR count). The van der Waals surface area contributed by atoms with Crippen molar-refractivity contribution >= 4 is 16.7 Å². The van der Waals surface area contributed by atoms with Gasteiger partial charge >= 0.3 is 5.97 Å². The molecule has 0 radical (unpaired) electrons. The SMILES string of the molecule is CCCC1CC[C@@H]2CC(c3ccc4cc(C(=O)OC)c(F)c(F)c4c3)CC[C@H]2C1. The molecule has 2 fully saturated rings. The molecule has 0 saturated heterocycles. The van der Waals surface area contributed by atoms with Crippen molar-refractivity contribution in [2.45, 2.75) is 64.2 Å². The fourth-order valence-corrected chi connectivity index (χ4v) is 5.82. The Hall–Kier alpha value is -1.97.